The lowest BCUT2D eigenvalue weighted by Crippen LogP contribution is -2.08. The average Bonchev–Trinajstić information content (AvgIpc) is 2.26. The van der Waals surface area contributed by atoms with Crippen molar-refractivity contribution in [1.82, 2.24) is 4.98 Å². The van der Waals surface area contributed by atoms with E-state index in [2.05, 4.69) is 4.98 Å². The maximum Gasteiger partial charge on any atom is 0.336 e. The second-order valence-corrected chi connectivity index (χ2v) is 5.08. The Morgan fingerprint density at radius 2 is 1.95 bits per heavy atom. The standard InChI is InChI=1S/C15H16FNO2/c1-7(2)13-9(4)12(15(18)19)11-6-10(16)5-8(3)14(11)17-13/h5-7H,1-4H3,(H,18,19). The number of nitrogens with zero attached hydrogens (tertiary/aromatic N) is 1. The van der Waals surface area contributed by atoms with Crippen molar-refractivity contribution in [2.45, 2.75) is 33.6 Å². The third-order valence-corrected chi connectivity index (χ3v) is 3.29. The van der Waals surface area contributed by atoms with E-state index in [9.17, 15) is 14.3 Å². The van der Waals surface area contributed by atoms with Gasteiger partial charge in [0, 0.05) is 11.1 Å². The van der Waals surface area contributed by atoms with Crippen LogP contribution in [0.3, 0.4) is 0 Å². The molecule has 0 amide bonds. The topological polar surface area (TPSA) is 50.2 Å². The number of carbonyl (C=O) groups is 1. The molecule has 0 bridgehead atoms. The number of aromatic nitrogens is 1. The van der Waals surface area contributed by atoms with Crippen molar-refractivity contribution in [2.24, 2.45) is 0 Å². The Hall–Kier alpha value is -1.97. The van der Waals surface area contributed by atoms with E-state index >= 15 is 0 Å². The first-order valence-electron chi connectivity index (χ1n) is 6.16. The van der Waals surface area contributed by atoms with Gasteiger partial charge in [-0.25, -0.2) is 9.18 Å². The number of fused-ring (bicyclic) bond motifs is 1. The molecule has 0 saturated carbocycles. The summed E-state index contributed by atoms with van der Waals surface area (Å²) >= 11 is 0. The summed E-state index contributed by atoms with van der Waals surface area (Å²) in [5.74, 6) is -1.37. The van der Waals surface area contributed by atoms with Crippen molar-refractivity contribution < 1.29 is 14.3 Å². The number of carboxylic acid groups (broad SMARTS) is 1. The number of halogens is 1. The van der Waals surface area contributed by atoms with E-state index in [0.717, 1.165) is 5.69 Å². The van der Waals surface area contributed by atoms with Crippen LogP contribution in [0.5, 0.6) is 0 Å². The summed E-state index contributed by atoms with van der Waals surface area (Å²) in [5.41, 5.74) is 2.73. The molecule has 1 N–H and O–H groups in total. The fraction of sp³-hybridized carbons (Fsp3) is 0.333. The minimum atomic E-state index is -1.04. The maximum atomic E-state index is 13.5. The van der Waals surface area contributed by atoms with Crippen LogP contribution in [0, 0.1) is 19.7 Å². The molecule has 4 heteroatoms. The lowest BCUT2D eigenvalue weighted by atomic mass is 9.95. The second-order valence-electron chi connectivity index (χ2n) is 5.08. The van der Waals surface area contributed by atoms with Crippen LogP contribution >= 0.6 is 0 Å². The molecule has 0 aliphatic rings. The number of aryl methyl sites for hydroxylation is 1. The highest BCUT2D eigenvalue weighted by atomic mass is 19.1. The first-order chi connectivity index (χ1) is 8.82. The van der Waals surface area contributed by atoms with E-state index in [1.54, 1.807) is 13.8 Å². The van der Waals surface area contributed by atoms with Gasteiger partial charge in [-0.3, -0.25) is 4.98 Å². The van der Waals surface area contributed by atoms with Crippen LogP contribution in [0.2, 0.25) is 0 Å². The summed E-state index contributed by atoms with van der Waals surface area (Å²) in [6.45, 7) is 7.40. The van der Waals surface area contributed by atoms with Gasteiger partial charge in [-0.15, -0.1) is 0 Å². The predicted octanol–water partition coefficient (Wildman–Crippen LogP) is 3.81. The maximum absolute atomic E-state index is 13.5. The molecule has 1 aromatic carbocycles. The van der Waals surface area contributed by atoms with Crippen LogP contribution in [0.1, 0.15) is 46.9 Å². The van der Waals surface area contributed by atoms with Crippen molar-refractivity contribution in [3.8, 4) is 0 Å². The Morgan fingerprint density at radius 3 is 2.47 bits per heavy atom. The molecule has 0 spiro atoms. The monoisotopic (exact) mass is 261 g/mol. The van der Waals surface area contributed by atoms with Crippen molar-refractivity contribution in [3.05, 3.63) is 40.3 Å². The van der Waals surface area contributed by atoms with Crippen LogP contribution < -0.4 is 0 Å². The fourth-order valence-corrected chi connectivity index (χ4v) is 2.45. The van der Waals surface area contributed by atoms with Crippen LogP contribution in [-0.4, -0.2) is 16.1 Å². The number of benzene rings is 1. The van der Waals surface area contributed by atoms with Crippen molar-refractivity contribution in [3.63, 3.8) is 0 Å². The number of carboxylic acids is 1. The zero-order valence-corrected chi connectivity index (χ0v) is 11.4. The van der Waals surface area contributed by atoms with Crippen LogP contribution in [0.4, 0.5) is 4.39 Å². The normalized spacial score (nSPS) is 11.3. The number of pyridine rings is 1. The molecule has 3 nitrogen and oxygen atoms in total. The Balaban J connectivity index is 3.00. The lowest BCUT2D eigenvalue weighted by Gasteiger charge is -2.15. The molecule has 0 fully saturated rings. The van der Waals surface area contributed by atoms with Gasteiger partial charge >= 0.3 is 5.97 Å². The Kier molecular flexibility index (Phi) is 3.27. The zero-order chi connectivity index (χ0) is 14.3. The van der Waals surface area contributed by atoms with E-state index in [1.165, 1.54) is 12.1 Å². The summed E-state index contributed by atoms with van der Waals surface area (Å²) in [7, 11) is 0. The molecule has 0 radical (unpaired) electrons. The van der Waals surface area contributed by atoms with Crippen LogP contribution in [0.15, 0.2) is 12.1 Å². The Bertz CT molecular complexity index is 678. The second kappa shape index (κ2) is 4.61. The molecule has 19 heavy (non-hydrogen) atoms. The summed E-state index contributed by atoms with van der Waals surface area (Å²) in [4.78, 5) is 16.0. The SMILES string of the molecule is Cc1c(C(C)C)nc2c(C)cc(F)cc2c1C(=O)O. The molecule has 0 atom stereocenters. The van der Waals surface area contributed by atoms with Gasteiger partial charge in [-0.2, -0.15) is 0 Å². The molecule has 1 aromatic heterocycles. The van der Waals surface area contributed by atoms with Crippen molar-refractivity contribution in [1.29, 1.82) is 0 Å². The van der Waals surface area contributed by atoms with Gasteiger partial charge in [0.2, 0.25) is 0 Å². The number of aromatic carboxylic acids is 1. The highest BCUT2D eigenvalue weighted by Crippen LogP contribution is 2.29. The van der Waals surface area contributed by atoms with E-state index in [0.29, 0.717) is 22.0 Å². The van der Waals surface area contributed by atoms with E-state index < -0.39 is 11.8 Å². The third-order valence-electron chi connectivity index (χ3n) is 3.29. The molecule has 0 saturated heterocycles. The predicted molar refractivity (Wildman–Crippen MR) is 72.2 cm³/mol. The number of rotatable bonds is 2. The minimum Gasteiger partial charge on any atom is -0.478 e. The van der Waals surface area contributed by atoms with Gasteiger partial charge in [-0.1, -0.05) is 13.8 Å². The quantitative estimate of drug-likeness (QED) is 0.894. The fourth-order valence-electron chi connectivity index (χ4n) is 2.45. The summed E-state index contributed by atoms with van der Waals surface area (Å²) < 4.78 is 13.5. The number of hydrogen-bond donors (Lipinski definition) is 1. The van der Waals surface area contributed by atoms with Crippen molar-refractivity contribution >= 4 is 16.9 Å². The van der Waals surface area contributed by atoms with Gasteiger partial charge in [-0.05, 0) is 43.0 Å². The third kappa shape index (κ3) is 2.18. The first-order valence-corrected chi connectivity index (χ1v) is 6.16. The zero-order valence-electron chi connectivity index (χ0n) is 11.4. The highest BCUT2D eigenvalue weighted by molar-refractivity contribution is 6.04. The molecular weight excluding hydrogens is 245 g/mol. The smallest absolute Gasteiger partial charge is 0.336 e. The van der Waals surface area contributed by atoms with Crippen LogP contribution in [-0.2, 0) is 0 Å². The molecule has 0 aliphatic carbocycles. The summed E-state index contributed by atoms with van der Waals surface area (Å²) in [5, 5.41) is 9.77. The lowest BCUT2D eigenvalue weighted by molar-refractivity contribution is 0.0698. The molecule has 1 heterocycles. The van der Waals surface area contributed by atoms with Gasteiger partial charge in [0.25, 0.3) is 0 Å². The van der Waals surface area contributed by atoms with Crippen LogP contribution in [0.25, 0.3) is 10.9 Å². The van der Waals surface area contributed by atoms with Crippen molar-refractivity contribution in [2.75, 3.05) is 0 Å². The van der Waals surface area contributed by atoms with Gasteiger partial charge in [0.15, 0.2) is 0 Å². The highest BCUT2D eigenvalue weighted by Gasteiger charge is 2.20. The molecule has 2 aromatic rings. The Morgan fingerprint density at radius 1 is 1.32 bits per heavy atom. The molecular formula is C15H16FNO2. The molecule has 2 rings (SSSR count). The first kappa shape index (κ1) is 13.5. The minimum absolute atomic E-state index is 0.118. The van der Waals surface area contributed by atoms with Gasteiger partial charge < -0.3 is 5.11 Å². The summed E-state index contributed by atoms with van der Waals surface area (Å²) in [6, 6.07) is 2.62. The van der Waals surface area contributed by atoms with Gasteiger partial charge in [0.1, 0.15) is 5.82 Å². The molecule has 0 unspecified atom stereocenters. The largest absolute Gasteiger partial charge is 0.478 e. The average molecular weight is 261 g/mol. The van der Waals surface area contributed by atoms with E-state index in [4.69, 9.17) is 0 Å². The van der Waals surface area contributed by atoms with E-state index in [-0.39, 0.29) is 11.5 Å². The number of hydrogen-bond acceptors (Lipinski definition) is 2. The Labute approximate surface area is 111 Å². The van der Waals surface area contributed by atoms with E-state index in [1.807, 2.05) is 13.8 Å². The molecule has 100 valence electrons. The summed E-state index contributed by atoms with van der Waals surface area (Å²) in [6.07, 6.45) is 0. The molecule has 0 aliphatic heterocycles. The van der Waals surface area contributed by atoms with Gasteiger partial charge in [0.05, 0.1) is 11.1 Å².